The molecule has 1 aliphatic heterocycles. The Hall–Kier alpha value is -1.86. The average molecular weight is 285 g/mol. The predicted octanol–water partition coefficient (Wildman–Crippen LogP) is 1.78. The van der Waals surface area contributed by atoms with Gasteiger partial charge in [-0.2, -0.15) is 5.26 Å². The lowest BCUT2D eigenvalue weighted by atomic mass is 9.99. The molecule has 0 saturated carbocycles. The molecule has 1 aliphatic rings. The summed E-state index contributed by atoms with van der Waals surface area (Å²) < 4.78 is 0. The second-order valence-corrected chi connectivity index (χ2v) is 6.01. The van der Waals surface area contributed by atoms with E-state index in [0.29, 0.717) is 12.3 Å². The van der Waals surface area contributed by atoms with Crippen LogP contribution in [0.25, 0.3) is 0 Å². The Bertz CT molecular complexity index is 509. The number of benzene rings is 1. The van der Waals surface area contributed by atoms with E-state index in [-0.39, 0.29) is 5.91 Å². The molecule has 112 valence electrons. The van der Waals surface area contributed by atoms with E-state index in [0.717, 1.165) is 31.6 Å². The summed E-state index contributed by atoms with van der Waals surface area (Å²) >= 11 is 0. The lowest BCUT2D eigenvalue weighted by molar-refractivity contribution is -0.132. The number of carbonyl (C=O) groups is 1. The van der Waals surface area contributed by atoms with Crippen molar-refractivity contribution in [2.75, 3.05) is 33.7 Å². The molecule has 1 aromatic carbocycles. The summed E-state index contributed by atoms with van der Waals surface area (Å²) in [6.45, 7) is 2.88. The molecule has 1 fully saturated rings. The molecule has 2 rings (SSSR count). The molecule has 2 atom stereocenters. The zero-order valence-corrected chi connectivity index (χ0v) is 12.8. The highest BCUT2D eigenvalue weighted by atomic mass is 16.2. The van der Waals surface area contributed by atoms with E-state index in [9.17, 15) is 10.1 Å². The van der Waals surface area contributed by atoms with E-state index in [1.807, 2.05) is 37.4 Å². The predicted molar refractivity (Wildman–Crippen MR) is 82.5 cm³/mol. The summed E-state index contributed by atoms with van der Waals surface area (Å²) in [5.41, 5.74) is 1.03. The van der Waals surface area contributed by atoms with Gasteiger partial charge in [0.1, 0.15) is 5.92 Å². The monoisotopic (exact) mass is 285 g/mol. The molecule has 4 nitrogen and oxygen atoms in total. The third-order valence-corrected chi connectivity index (χ3v) is 4.13. The van der Waals surface area contributed by atoms with Crippen molar-refractivity contribution in [1.82, 2.24) is 9.80 Å². The number of hydrogen-bond acceptors (Lipinski definition) is 3. The Balaban J connectivity index is 1.91. The molecule has 0 N–H and O–H groups in total. The quantitative estimate of drug-likeness (QED) is 0.828. The number of carbonyl (C=O) groups excluding carboxylic acids is 1. The number of amides is 1. The van der Waals surface area contributed by atoms with Crippen LogP contribution in [0.2, 0.25) is 0 Å². The van der Waals surface area contributed by atoms with Gasteiger partial charge in [-0.3, -0.25) is 4.79 Å². The van der Waals surface area contributed by atoms with Crippen LogP contribution in [0.4, 0.5) is 0 Å². The minimum atomic E-state index is -0.587. The van der Waals surface area contributed by atoms with Crippen molar-refractivity contribution in [2.24, 2.45) is 11.8 Å². The highest BCUT2D eigenvalue weighted by Crippen LogP contribution is 2.17. The van der Waals surface area contributed by atoms with Gasteiger partial charge in [0.25, 0.3) is 0 Å². The van der Waals surface area contributed by atoms with E-state index in [1.54, 1.807) is 4.90 Å². The van der Waals surface area contributed by atoms with E-state index < -0.39 is 5.92 Å². The van der Waals surface area contributed by atoms with Crippen LogP contribution in [0.5, 0.6) is 0 Å². The maximum absolute atomic E-state index is 12.4. The highest BCUT2D eigenvalue weighted by molar-refractivity contribution is 5.81. The topological polar surface area (TPSA) is 47.3 Å². The smallest absolute Gasteiger partial charge is 0.240 e. The van der Waals surface area contributed by atoms with Crippen molar-refractivity contribution < 1.29 is 4.79 Å². The fraction of sp³-hybridized carbons (Fsp3) is 0.529. The van der Waals surface area contributed by atoms with E-state index >= 15 is 0 Å². The van der Waals surface area contributed by atoms with Crippen LogP contribution in [0.15, 0.2) is 30.3 Å². The normalized spacial score (nSPS) is 20.0. The lowest BCUT2D eigenvalue weighted by Crippen LogP contribution is -2.37. The summed E-state index contributed by atoms with van der Waals surface area (Å²) in [4.78, 5) is 16.5. The summed E-state index contributed by atoms with van der Waals surface area (Å²) in [5, 5.41) is 9.30. The first-order chi connectivity index (χ1) is 10.1. The van der Waals surface area contributed by atoms with E-state index in [2.05, 4.69) is 18.0 Å². The first-order valence-corrected chi connectivity index (χ1v) is 7.47. The number of rotatable bonds is 5. The average Bonchev–Trinajstić information content (AvgIpc) is 2.90. The zero-order valence-electron chi connectivity index (χ0n) is 12.8. The van der Waals surface area contributed by atoms with Crippen molar-refractivity contribution in [3.8, 4) is 6.07 Å². The van der Waals surface area contributed by atoms with Gasteiger partial charge in [-0.15, -0.1) is 0 Å². The van der Waals surface area contributed by atoms with Gasteiger partial charge in [0.15, 0.2) is 0 Å². The van der Waals surface area contributed by atoms with Gasteiger partial charge < -0.3 is 9.80 Å². The molecule has 0 spiro atoms. The second-order valence-electron chi connectivity index (χ2n) is 6.01. The van der Waals surface area contributed by atoms with Gasteiger partial charge in [0.2, 0.25) is 5.91 Å². The Morgan fingerprint density at radius 1 is 1.48 bits per heavy atom. The van der Waals surface area contributed by atoms with Crippen molar-refractivity contribution in [3.63, 3.8) is 0 Å². The first-order valence-electron chi connectivity index (χ1n) is 7.47. The summed E-state index contributed by atoms with van der Waals surface area (Å²) in [7, 11) is 3.92. The Morgan fingerprint density at radius 3 is 2.76 bits per heavy atom. The van der Waals surface area contributed by atoms with Crippen LogP contribution in [-0.2, 0) is 11.2 Å². The van der Waals surface area contributed by atoms with Gasteiger partial charge in [-0.25, -0.2) is 0 Å². The molecule has 1 amide bonds. The lowest BCUT2D eigenvalue weighted by Gasteiger charge is -2.23. The van der Waals surface area contributed by atoms with Gasteiger partial charge >= 0.3 is 0 Å². The summed E-state index contributed by atoms with van der Waals surface area (Å²) in [6.07, 6.45) is 1.62. The number of nitriles is 1. The third kappa shape index (κ3) is 4.30. The molecule has 1 aromatic rings. The van der Waals surface area contributed by atoms with Crippen LogP contribution in [-0.4, -0.2) is 49.4 Å². The molecule has 2 unspecified atom stereocenters. The van der Waals surface area contributed by atoms with Gasteiger partial charge in [-0.05, 0) is 37.9 Å². The Labute approximate surface area is 127 Å². The number of likely N-dealkylation sites (tertiary alicyclic amines) is 1. The molecular formula is C17H23N3O. The van der Waals surface area contributed by atoms with Gasteiger partial charge in [0.05, 0.1) is 6.07 Å². The van der Waals surface area contributed by atoms with Crippen molar-refractivity contribution in [2.45, 2.75) is 12.8 Å². The fourth-order valence-corrected chi connectivity index (χ4v) is 2.96. The molecule has 0 radical (unpaired) electrons. The Morgan fingerprint density at radius 2 is 2.19 bits per heavy atom. The summed E-state index contributed by atoms with van der Waals surface area (Å²) in [5.74, 6) is -0.118. The molecule has 4 heteroatoms. The van der Waals surface area contributed by atoms with Crippen molar-refractivity contribution in [3.05, 3.63) is 35.9 Å². The SMILES string of the molecule is CN1CCC(CN(C)C(=O)C(C#N)Cc2ccccc2)C1. The van der Waals surface area contributed by atoms with Crippen LogP contribution in [0.1, 0.15) is 12.0 Å². The van der Waals surface area contributed by atoms with E-state index in [1.165, 1.54) is 0 Å². The first kappa shape index (κ1) is 15.5. The minimum absolute atomic E-state index is 0.0593. The number of hydrogen-bond donors (Lipinski definition) is 0. The Kier molecular flexibility index (Phi) is 5.35. The molecule has 0 aromatic heterocycles. The van der Waals surface area contributed by atoms with Crippen LogP contribution < -0.4 is 0 Å². The maximum atomic E-state index is 12.4. The highest BCUT2D eigenvalue weighted by Gasteiger charge is 2.26. The minimum Gasteiger partial charge on any atom is -0.344 e. The number of nitrogens with zero attached hydrogens (tertiary/aromatic N) is 3. The second kappa shape index (κ2) is 7.24. The summed E-state index contributed by atoms with van der Waals surface area (Å²) in [6, 6.07) is 11.9. The fourth-order valence-electron chi connectivity index (χ4n) is 2.96. The van der Waals surface area contributed by atoms with Gasteiger partial charge in [-0.1, -0.05) is 30.3 Å². The molecular weight excluding hydrogens is 262 g/mol. The van der Waals surface area contributed by atoms with Crippen LogP contribution >= 0.6 is 0 Å². The van der Waals surface area contributed by atoms with Gasteiger partial charge in [0, 0.05) is 20.1 Å². The molecule has 21 heavy (non-hydrogen) atoms. The van der Waals surface area contributed by atoms with E-state index in [4.69, 9.17) is 0 Å². The molecule has 1 saturated heterocycles. The maximum Gasteiger partial charge on any atom is 0.240 e. The molecule has 0 aliphatic carbocycles. The largest absolute Gasteiger partial charge is 0.344 e. The zero-order chi connectivity index (χ0) is 15.2. The van der Waals surface area contributed by atoms with Crippen LogP contribution in [0, 0.1) is 23.2 Å². The third-order valence-electron chi connectivity index (χ3n) is 4.13. The van der Waals surface area contributed by atoms with Crippen molar-refractivity contribution in [1.29, 1.82) is 5.26 Å². The standard InChI is InChI=1S/C17H23N3O/c1-19-9-8-15(12-19)13-20(2)17(21)16(11-18)10-14-6-4-3-5-7-14/h3-7,15-16H,8-10,12-13H2,1-2H3. The van der Waals surface area contributed by atoms with Crippen molar-refractivity contribution >= 4 is 5.91 Å². The molecule has 0 bridgehead atoms. The molecule has 1 heterocycles. The van der Waals surface area contributed by atoms with Crippen LogP contribution in [0.3, 0.4) is 0 Å².